The van der Waals surface area contributed by atoms with E-state index in [0.29, 0.717) is 11.1 Å². The van der Waals surface area contributed by atoms with Gasteiger partial charge < -0.3 is 5.11 Å². The minimum absolute atomic E-state index is 0.0956. The van der Waals surface area contributed by atoms with Crippen molar-refractivity contribution >= 4 is 11.8 Å². The maximum Gasteiger partial charge on any atom is 0.336 e. The van der Waals surface area contributed by atoms with Crippen LogP contribution >= 0.6 is 0 Å². The lowest BCUT2D eigenvalue weighted by atomic mass is 9.91. The highest BCUT2D eigenvalue weighted by Gasteiger charge is 2.21. The highest BCUT2D eigenvalue weighted by Crippen LogP contribution is 2.22. The van der Waals surface area contributed by atoms with Gasteiger partial charge in [-0.2, -0.15) is 0 Å². The van der Waals surface area contributed by atoms with E-state index in [2.05, 4.69) is 13.8 Å². The molecule has 144 valence electrons. The number of aromatic carboxylic acids is 1. The van der Waals surface area contributed by atoms with Crippen molar-refractivity contribution in [2.75, 3.05) is 0 Å². The zero-order valence-electron chi connectivity index (χ0n) is 16.4. The molecule has 27 heavy (non-hydrogen) atoms. The van der Waals surface area contributed by atoms with Crippen molar-refractivity contribution < 1.29 is 14.7 Å². The molecule has 3 heteroatoms. The van der Waals surface area contributed by atoms with Gasteiger partial charge in [0.25, 0.3) is 0 Å². The van der Waals surface area contributed by atoms with E-state index in [1.165, 1.54) is 31.7 Å². The van der Waals surface area contributed by atoms with Gasteiger partial charge in [-0.1, -0.05) is 88.4 Å². The van der Waals surface area contributed by atoms with Gasteiger partial charge in [0.2, 0.25) is 0 Å². The average Bonchev–Trinajstić information content (AvgIpc) is 2.66. The molecule has 0 fully saturated rings. The minimum Gasteiger partial charge on any atom is -0.478 e. The molecule has 0 aliphatic carbocycles. The maximum atomic E-state index is 13.0. The summed E-state index contributed by atoms with van der Waals surface area (Å²) in [5, 5.41) is 9.55. The zero-order chi connectivity index (χ0) is 19.6. The van der Waals surface area contributed by atoms with E-state index >= 15 is 0 Å². The predicted molar refractivity (Wildman–Crippen MR) is 110 cm³/mol. The Balaban J connectivity index is 2.07. The molecule has 0 bridgehead atoms. The summed E-state index contributed by atoms with van der Waals surface area (Å²) in [6, 6.07) is 14.1. The van der Waals surface area contributed by atoms with E-state index in [9.17, 15) is 14.7 Å². The van der Waals surface area contributed by atoms with Crippen LogP contribution in [0.3, 0.4) is 0 Å². The summed E-state index contributed by atoms with van der Waals surface area (Å²) in [5.74, 6) is -0.499. The molecule has 0 unspecified atom stereocenters. The summed E-state index contributed by atoms with van der Waals surface area (Å²) in [6.45, 7) is 4.50. The van der Waals surface area contributed by atoms with E-state index in [-0.39, 0.29) is 11.3 Å². The molecule has 0 amide bonds. The Kier molecular flexibility index (Phi) is 8.25. The van der Waals surface area contributed by atoms with Crippen LogP contribution in [0.2, 0.25) is 0 Å². The highest BCUT2D eigenvalue weighted by atomic mass is 16.4. The Hall–Kier alpha value is -2.42. The normalized spacial score (nSPS) is 10.9. The molecule has 2 aromatic carbocycles. The molecular weight excluding hydrogens is 336 g/mol. The van der Waals surface area contributed by atoms with Crippen LogP contribution in [0.1, 0.15) is 84.2 Å². The van der Waals surface area contributed by atoms with Gasteiger partial charge in [0, 0.05) is 11.1 Å². The molecular formula is C24H30O3. The number of unbranched alkanes of at least 4 members (excludes halogenated alkanes) is 4. The van der Waals surface area contributed by atoms with Gasteiger partial charge in [0.1, 0.15) is 0 Å². The molecule has 2 aromatic rings. The zero-order valence-corrected chi connectivity index (χ0v) is 16.4. The van der Waals surface area contributed by atoms with Crippen LogP contribution in [0, 0.1) is 5.92 Å². The van der Waals surface area contributed by atoms with Crippen LogP contribution in [0.4, 0.5) is 0 Å². The van der Waals surface area contributed by atoms with E-state index in [0.717, 1.165) is 30.7 Å². The van der Waals surface area contributed by atoms with Crippen LogP contribution in [-0.4, -0.2) is 16.9 Å². The van der Waals surface area contributed by atoms with Crippen LogP contribution < -0.4 is 0 Å². The van der Waals surface area contributed by atoms with Crippen LogP contribution in [0.5, 0.6) is 0 Å². The van der Waals surface area contributed by atoms with Crippen molar-refractivity contribution in [3.63, 3.8) is 0 Å². The first kappa shape index (κ1) is 20.9. The van der Waals surface area contributed by atoms with Gasteiger partial charge in [-0.15, -0.1) is 0 Å². The quantitative estimate of drug-likeness (QED) is 0.383. The summed E-state index contributed by atoms with van der Waals surface area (Å²) in [7, 11) is 0. The first-order chi connectivity index (χ1) is 13.0. The number of aryl methyl sites for hydroxylation is 1. The van der Waals surface area contributed by atoms with Crippen LogP contribution in [0.25, 0.3) is 0 Å². The SMILES string of the molecule is CC(C)CCCCCCCc1cccc(C(=O)O)c1C(=O)c1ccccc1. The third-order valence-electron chi connectivity index (χ3n) is 4.87. The first-order valence-electron chi connectivity index (χ1n) is 9.95. The Morgan fingerprint density at radius 2 is 1.52 bits per heavy atom. The lowest BCUT2D eigenvalue weighted by molar-refractivity contribution is 0.0692. The van der Waals surface area contributed by atoms with Crippen LogP contribution in [0.15, 0.2) is 48.5 Å². The Bertz CT molecular complexity index is 747. The number of rotatable bonds is 11. The molecule has 0 heterocycles. The van der Waals surface area contributed by atoms with E-state index in [1.54, 1.807) is 30.3 Å². The second-order valence-electron chi connectivity index (χ2n) is 7.54. The topological polar surface area (TPSA) is 54.4 Å². The standard InChI is InChI=1S/C24H30O3/c1-18(2)12-7-4-3-5-8-13-19-16-11-17-21(24(26)27)22(19)23(25)20-14-9-6-10-15-20/h6,9-11,14-18H,3-5,7-8,12-13H2,1-2H3,(H,26,27). The highest BCUT2D eigenvalue weighted by molar-refractivity contribution is 6.15. The van der Waals surface area contributed by atoms with Gasteiger partial charge in [0.05, 0.1) is 5.56 Å². The predicted octanol–water partition coefficient (Wildman–Crippen LogP) is 6.15. The number of carboxylic acid groups (broad SMARTS) is 1. The fourth-order valence-electron chi connectivity index (χ4n) is 3.39. The first-order valence-corrected chi connectivity index (χ1v) is 9.95. The van der Waals surface area contributed by atoms with E-state index in [4.69, 9.17) is 0 Å². The third kappa shape index (κ3) is 6.35. The van der Waals surface area contributed by atoms with Crippen molar-refractivity contribution in [2.45, 2.75) is 58.8 Å². The molecule has 1 N–H and O–H groups in total. The molecule has 0 aliphatic rings. The number of carbonyl (C=O) groups excluding carboxylic acids is 1. The van der Waals surface area contributed by atoms with Crippen molar-refractivity contribution in [1.29, 1.82) is 0 Å². The molecule has 0 aromatic heterocycles. The van der Waals surface area contributed by atoms with Gasteiger partial charge >= 0.3 is 5.97 Å². The monoisotopic (exact) mass is 366 g/mol. The van der Waals surface area contributed by atoms with Gasteiger partial charge in [-0.3, -0.25) is 4.79 Å². The summed E-state index contributed by atoms with van der Waals surface area (Å²) >= 11 is 0. The fraction of sp³-hybridized carbons (Fsp3) is 0.417. The average molecular weight is 367 g/mol. The van der Waals surface area contributed by atoms with Crippen molar-refractivity contribution in [2.24, 2.45) is 5.92 Å². The molecule has 0 atom stereocenters. The summed E-state index contributed by atoms with van der Waals surface area (Å²) in [5.41, 5.74) is 1.81. The summed E-state index contributed by atoms with van der Waals surface area (Å²) in [6.07, 6.45) is 7.78. The number of hydrogen-bond donors (Lipinski definition) is 1. The molecule has 0 radical (unpaired) electrons. The number of carboxylic acids is 1. The molecule has 0 spiro atoms. The maximum absolute atomic E-state index is 13.0. The molecule has 0 saturated carbocycles. The molecule has 2 rings (SSSR count). The lowest BCUT2D eigenvalue weighted by Crippen LogP contribution is -2.13. The van der Waals surface area contributed by atoms with E-state index < -0.39 is 5.97 Å². The number of carbonyl (C=O) groups is 2. The Labute approximate surface area is 162 Å². The number of ketones is 1. The number of benzene rings is 2. The minimum atomic E-state index is -1.05. The summed E-state index contributed by atoms with van der Waals surface area (Å²) in [4.78, 5) is 24.6. The van der Waals surface area contributed by atoms with Gasteiger partial charge in [-0.05, 0) is 30.4 Å². The molecule has 0 aliphatic heterocycles. The second-order valence-corrected chi connectivity index (χ2v) is 7.54. The van der Waals surface area contributed by atoms with Gasteiger partial charge in [-0.25, -0.2) is 4.79 Å². The fourth-order valence-corrected chi connectivity index (χ4v) is 3.39. The van der Waals surface area contributed by atoms with Gasteiger partial charge in [0.15, 0.2) is 5.78 Å². The molecule has 3 nitrogen and oxygen atoms in total. The van der Waals surface area contributed by atoms with E-state index in [1.807, 2.05) is 12.1 Å². The number of hydrogen-bond acceptors (Lipinski definition) is 2. The molecule has 0 saturated heterocycles. The largest absolute Gasteiger partial charge is 0.478 e. The second kappa shape index (κ2) is 10.7. The lowest BCUT2D eigenvalue weighted by Gasteiger charge is -2.12. The van der Waals surface area contributed by atoms with Crippen LogP contribution in [-0.2, 0) is 6.42 Å². The summed E-state index contributed by atoms with van der Waals surface area (Å²) < 4.78 is 0. The Morgan fingerprint density at radius 3 is 2.19 bits per heavy atom. The van der Waals surface area contributed by atoms with Crippen molar-refractivity contribution in [3.05, 3.63) is 70.8 Å². The van der Waals surface area contributed by atoms with Crippen molar-refractivity contribution in [1.82, 2.24) is 0 Å². The smallest absolute Gasteiger partial charge is 0.336 e. The van der Waals surface area contributed by atoms with Crippen molar-refractivity contribution in [3.8, 4) is 0 Å². The Morgan fingerprint density at radius 1 is 0.852 bits per heavy atom. The third-order valence-corrected chi connectivity index (χ3v) is 4.87.